The van der Waals surface area contributed by atoms with Crippen molar-refractivity contribution in [2.45, 2.75) is 129 Å². The van der Waals surface area contributed by atoms with Crippen molar-refractivity contribution in [2.75, 3.05) is 0 Å². The van der Waals surface area contributed by atoms with Crippen LogP contribution in [0.2, 0.25) is 0 Å². The Morgan fingerprint density at radius 3 is 1.43 bits per heavy atom. The van der Waals surface area contributed by atoms with E-state index in [4.69, 9.17) is 11.6 Å². The van der Waals surface area contributed by atoms with Gasteiger partial charge in [-0.15, -0.1) is 11.6 Å². The zero-order chi connectivity index (χ0) is 16.7. The largest absolute Gasteiger partial charge is 0.344 e. The van der Waals surface area contributed by atoms with E-state index < -0.39 is 0 Å². The molecule has 3 N–H and O–H groups in total. The molecule has 0 saturated carbocycles. The summed E-state index contributed by atoms with van der Waals surface area (Å²) in [5.41, 5.74) is 0. The highest BCUT2D eigenvalue weighted by Gasteiger charge is 2.34. The quantitative estimate of drug-likeness (QED) is 0.220. The highest BCUT2D eigenvalue weighted by atomic mass is 35.5. The van der Waals surface area contributed by atoms with Gasteiger partial charge >= 0.3 is 0 Å². The lowest BCUT2D eigenvalue weighted by Gasteiger charge is -2.36. The molecule has 0 spiro atoms. The monoisotopic (exact) mass is 347 g/mol. The van der Waals surface area contributed by atoms with Gasteiger partial charge in [-0.05, 0) is 31.6 Å². The van der Waals surface area contributed by atoms with Crippen LogP contribution in [0.1, 0.15) is 124 Å². The van der Waals surface area contributed by atoms with E-state index in [2.05, 4.69) is 27.7 Å². The van der Waals surface area contributed by atoms with Gasteiger partial charge < -0.3 is 6.15 Å². The predicted molar refractivity (Wildman–Crippen MR) is 109 cm³/mol. The lowest BCUT2D eigenvalue weighted by molar-refractivity contribution is 0.267. The Kier molecular flexibility index (Phi) is 18.9. The predicted octanol–water partition coefficient (Wildman–Crippen LogP) is 8.67. The van der Waals surface area contributed by atoms with Gasteiger partial charge in [-0.1, -0.05) is 98.3 Å². The fourth-order valence-electron chi connectivity index (χ4n) is 3.62. The first-order valence-electron chi connectivity index (χ1n) is 10.3. The molecule has 23 heavy (non-hydrogen) atoms. The molecule has 0 heterocycles. The van der Waals surface area contributed by atoms with Crippen LogP contribution >= 0.6 is 11.6 Å². The molecule has 0 radical (unpaired) electrons. The number of rotatable bonds is 16. The summed E-state index contributed by atoms with van der Waals surface area (Å²) in [6, 6.07) is 0. The minimum Gasteiger partial charge on any atom is -0.344 e. The summed E-state index contributed by atoms with van der Waals surface area (Å²) in [5.74, 6) is 0.745. The van der Waals surface area contributed by atoms with E-state index in [-0.39, 0.29) is 11.0 Å². The Labute approximate surface area is 152 Å². The van der Waals surface area contributed by atoms with Gasteiger partial charge in [0, 0.05) is 4.87 Å². The van der Waals surface area contributed by atoms with Crippen LogP contribution in [0, 0.1) is 5.92 Å². The fourth-order valence-corrected chi connectivity index (χ4v) is 4.11. The van der Waals surface area contributed by atoms with Crippen LogP contribution in [0.15, 0.2) is 0 Å². The minimum absolute atomic E-state index is 0. The molecule has 1 unspecified atom stereocenters. The standard InChI is InChI=1S/C21H43Cl.H3N/c1-5-9-13-17-20(16-12-8-4)21(22,18-14-10-6-2)19-15-11-7-3;/h20H,5-19H2,1-4H3;1H3. The molecule has 2 heteroatoms. The van der Waals surface area contributed by atoms with Crippen LogP contribution in [0.4, 0.5) is 0 Å². The normalized spacial score (nSPS) is 12.9. The molecule has 1 atom stereocenters. The van der Waals surface area contributed by atoms with Crippen LogP contribution in [-0.4, -0.2) is 4.87 Å². The second-order valence-electron chi connectivity index (χ2n) is 7.28. The van der Waals surface area contributed by atoms with E-state index in [0.29, 0.717) is 0 Å². The third kappa shape index (κ3) is 12.3. The molecular weight excluding hydrogens is 302 g/mol. The fraction of sp³-hybridized carbons (Fsp3) is 1.00. The molecule has 0 aliphatic rings. The number of hydrogen-bond acceptors (Lipinski definition) is 1. The number of unbranched alkanes of at least 4 members (excludes halogenated alkanes) is 7. The van der Waals surface area contributed by atoms with Crippen molar-refractivity contribution >= 4 is 11.6 Å². The van der Waals surface area contributed by atoms with Crippen LogP contribution < -0.4 is 6.15 Å². The molecule has 0 aliphatic carbocycles. The van der Waals surface area contributed by atoms with E-state index in [1.807, 2.05) is 0 Å². The van der Waals surface area contributed by atoms with Crippen molar-refractivity contribution in [3.63, 3.8) is 0 Å². The average molecular weight is 348 g/mol. The van der Waals surface area contributed by atoms with Gasteiger partial charge in [-0.3, -0.25) is 0 Å². The van der Waals surface area contributed by atoms with Crippen molar-refractivity contribution < 1.29 is 0 Å². The summed E-state index contributed by atoms with van der Waals surface area (Å²) in [7, 11) is 0. The molecule has 0 rings (SSSR count). The van der Waals surface area contributed by atoms with E-state index >= 15 is 0 Å². The molecule has 0 bridgehead atoms. The lowest BCUT2D eigenvalue weighted by atomic mass is 9.77. The van der Waals surface area contributed by atoms with Crippen molar-refractivity contribution in [1.82, 2.24) is 6.15 Å². The average Bonchev–Trinajstić information content (AvgIpc) is 2.51. The van der Waals surface area contributed by atoms with Crippen molar-refractivity contribution in [2.24, 2.45) is 5.92 Å². The number of halogens is 1. The van der Waals surface area contributed by atoms with E-state index in [1.54, 1.807) is 0 Å². The lowest BCUT2D eigenvalue weighted by Crippen LogP contribution is -2.32. The van der Waals surface area contributed by atoms with Crippen LogP contribution in [0.25, 0.3) is 0 Å². The second-order valence-corrected chi connectivity index (χ2v) is 8.04. The molecule has 0 aromatic rings. The summed E-state index contributed by atoms with van der Waals surface area (Å²) in [6.45, 7) is 9.20. The first-order chi connectivity index (χ1) is 10.6. The van der Waals surface area contributed by atoms with Gasteiger partial charge in [0.25, 0.3) is 0 Å². The zero-order valence-electron chi connectivity index (χ0n) is 16.8. The van der Waals surface area contributed by atoms with E-state index in [9.17, 15) is 0 Å². The minimum atomic E-state index is 0. The summed E-state index contributed by atoms with van der Waals surface area (Å²) in [6.07, 6.45) is 19.9. The first kappa shape index (κ1) is 25.5. The first-order valence-corrected chi connectivity index (χ1v) is 10.7. The Morgan fingerprint density at radius 2 is 1.00 bits per heavy atom. The van der Waals surface area contributed by atoms with E-state index in [0.717, 1.165) is 5.92 Å². The summed E-state index contributed by atoms with van der Waals surface area (Å²) < 4.78 is 0. The van der Waals surface area contributed by atoms with Crippen molar-refractivity contribution in [3.05, 3.63) is 0 Å². The molecule has 0 aromatic heterocycles. The maximum absolute atomic E-state index is 7.29. The second kappa shape index (κ2) is 17.1. The van der Waals surface area contributed by atoms with Gasteiger partial charge in [-0.2, -0.15) is 0 Å². The van der Waals surface area contributed by atoms with Crippen molar-refractivity contribution in [3.8, 4) is 0 Å². The van der Waals surface area contributed by atoms with Crippen LogP contribution in [0.3, 0.4) is 0 Å². The molecule has 0 fully saturated rings. The molecule has 0 aliphatic heterocycles. The highest BCUT2D eigenvalue weighted by molar-refractivity contribution is 6.24. The maximum atomic E-state index is 7.29. The van der Waals surface area contributed by atoms with Gasteiger partial charge in [0.15, 0.2) is 0 Å². The van der Waals surface area contributed by atoms with Crippen LogP contribution in [-0.2, 0) is 0 Å². The smallest absolute Gasteiger partial charge is 0.0475 e. The SMILES string of the molecule is CCCCCC(CCCC)C(Cl)(CCCCC)CCCCC.N. The topological polar surface area (TPSA) is 35.0 Å². The summed E-state index contributed by atoms with van der Waals surface area (Å²) in [4.78, 5) is 0.0905. The summed E-state index contributed by atoms with van der Waals surface area (Å²) in [5, 5.41) is 0. The molecule has 0 saturated heterocycles. The van der Waals surface area contributed by atoms with E-state index in [1.165, 1.54) is 96.3 Å². The molecule has 0 aromatic carbocycles. The molecule has 0 amide bonds. The Balaban J connectivity index is 0. The highest BCUT2D eigenvalue weighted by Crippen LogP contribution is 2.42. The number of hydrogen-bond donors (Lipinski definition) is 1. The van der Waals surface area contributed by atoms with Gasteiger partial charge in [-0.25, -0.2) is 0 Å². The third-order valence-corrected chi connectivity index (χ3v) is 5.87. The molecule has 1 nitrogen and oxygen atoms in total. The molecular formula is C21H46ClN. The Bertz CT molecular complexity index is 220. The van der Waals surface area contributed by atoms with Crippen LogP contribution in [0.5, 0.6) is 0 Å². The third-order valence-electron chi connectivity index (χ3n) is 5.19. The van der Waals surface area contributed by atoms with Crippen molar-refractivity contribution in [1.29, 1.82) is 0 Å². The maximum Gasteiger partial charge on any atom is 0.0475 e. The molecule has 142 valence electrons. The number of alkyl halides is 1. The van der Waals surface area contributed by atoms with Gasteiger partial charge in [0.05, 0.1) is 0 Å². The Morgan fingerprint density at radius 1 is 0.609 bits per heavy atom. The Hall–Kier alpha value is 0.250. The zero-order valence-corrected chi connectivity index (χ0v) is 17.5. The summed E-state index contributed by atoms with van der Waals surface area (Å²) >= 11 is 7.29. The van der Waals surface area contributed by atoms with Gasteiger partial charge in [0.2, 0.25) is 0 Å². The van der Waals surface area contributed by atoms with Gasteiger partial charge in [0.1, 0.15) is 0 Å².